The van der Waals surface area contributed by atoms with Crippen LogP contribution in [0.5, 0.6) is 0 Å². The van der Waals surface area contributed by atoms with Gasteiger partial charge in [0.15, 0.2) is 0 Å². The summed E-state index contributed by atoms with van der Waals surface area (Å²) in [4.78, 5) is 4.14. The van der Waals surface area contributed by atoms with Gasteiger partial charge in [0.25, 0.3) is 0 Å². The lowest BCUT2D eigenvalue weighted by atomic mass is 9.83. The number of aromatic nitrogens is 1. The van der Waals surface area contributed by atoms with Crippen molar-refractivity contribution in [2.45, 2.75) is 13.8 Å². The quantitative estimate of drug-likeness (QED) is 0.235. The maximum Gasteiger partial charge on any atom is 0.0273 e. The van der Waals surface area contributed by atoms with Gasteiger partial charge in [-0.2, -0.15) is 0 Å². The van der Waals surface area contributed by atoms with E-state index < -0.39 is 0 Å². The van der Waals surface area contributed by atoms with Gasteiger partial charge in [-0.05, 0) is 90.3 Å². The van der Waals surface area contributed by atoms with Gasteiger partial charge in [-0.3, -0.25) is 4.98 Å². The van der Waals surface area contributed by atoms with Crippen molar-refractivity contribution in [1.29, 1.82) is 0 Å². The smallest absolute Gasteiger partial charge is 0.0273 e. The molecule has 0 aliphatic carbocycles. The number of hydrogen-bond acceptors (Lipinski definition) is 1. The first-order chi connectivity index (χ1) is 18.8. The van der Waals surface area contributed by atoms with Crippen molar-refractivity contribution >= 4 is 33.7 Å². The highest BCUT2D eigenvalue weighted by atomic mass is 14.6. The predicted octanol–water partition coefficient (Wildman–Crippen LogP) is 10.7. The minimum atomic E-state index is 1.11. The average Bonchev–Trinajstić information content (AvgIpc) is 3.01. The molecule has 1 heteroatoms. The summed E-state index contributed by atoms with van der Waals surface area (Å²) in [5, 5.41) is 4.84. The molecule has 1 aromatic heterocycles. The van der Waals surface area contributed by atoms with E-state index in [4.69, 9.17) is 0 Å². The zero-order valence-corrected chi connectivity index (χ0v) is 22.0. The molecule has 0 unspecified atom stereocenters. The molecule has 6 aromatic rings. The molecule has 5 aromatic carbocycles. The third kappa shape index (κ3) is 4.44. The first-order valence-corrected chi connectivity index (χ1v) is 13.1. The maximum atomic E-state index is 4.22. The Bertz CT molecular complexity index is 1750. The van der Waals surface area contributed by atoms with Crippen molar-refractivity contribution < 1.29 is 0 Å². The van der Waals surface area contributed by atoms with E-state index in [1.165, 1.54) is 54.9 Å². The Morgan fingerprint density at radius 3 is 1.58 bits per heavy atom. The second-order valence-corrected chi connectivity index (χ2v) is 8.91. The number of nitrogens with zero attached hydrogens (tertiary/aromatic N) is 1. The molecule has 6 rings (SSSR count). The summed E-state index contributed by atoms with van der Waals surface area (Å²) in [6, 6.07) is 36.7. The van der Waals surface area contributed by atoms with Crippen molar-refractivity contribution in [1.82, 2.24) is 4.98 Å². The van der Waals surface area contributed by atoms with Crippen LogP contribution in [0, 0.1) is 0 Å². The van der Waals surface area contributed by atoms with Crippen molar-refractivity contribution in [2.24, 2.45) is 0 Å². The standard InChI is InChI=1S/C35H25N.C2H6/c1-3-30-31(4-2)35(33-13-9-8-12-32(33)34(30)25-10-6-5-7-11-25)29-17-16-27-22-26(14-15-28(27)23-29)24-18-20-36-21-19-24;1-2/h3-23H,1-2H2;1-2H3. The average molecular weight is 490 g/mol. The number of benzene rings is 5. The van der Waals surface area contributed by atoms with Crippen molar-refractivity contribution in [3.63, 3.8) is 0 Å². The summed E-state index contributed by atoms with van der Waals surface area (Å²) in [5.74, 6) is 0. The van der Waals surface area contributed by atoms with Gasteiger partial charge in [0, 0.05) is 12.4 Å². The number of pyridine rings is 1. The molecule has 1 nitrogen and oxygen atoms in total. The minimum Gasteiger partial charge on any atom is -0.265 e. The predicted molar refractivity (Wildman–Crippen MR) is 167 cm³/mol. The molecule has 0 atom stereocenters. The summed E-state index contributed by atoms with van der Waals surface area (Å²) < 4.78 is 0. The molecule has 1 heterocycles. The molecule has 38 heavy (non-hydrogen) atoms. The van der Waals surface area contributed by atoms with Crippen LogP contribution in [0.2, 0.25) is 0 Å². The fourth-order valence-electron chi connectivity index (χ4n) is 5.25. The summed E-state index contributed by atoms with van der Waals surface area (Å²) in [6.07, 6.45) is 7.61. The molecule has 184 valence electrons. The Morgan fingerprint density at radius 2 is 1.00 bits per heavy atom. The van der Waals surface area contributed by atoms with Crippen LogP contribution in [0.4, 0.5) is 0 Å². The van der Waals surface area contributed by atoms with E-state index in [1.807, 2.05) is 50.5 Å². The Kier molecular flexibility index (Phi) is 7.28. The Hall–Kier alpha value is -4.75. The zero-order valence-electron chi connectivity index (χ0n) is 22.0. The maximum absolute atomic E-state index is 4.22. The molecule has 0 saturated carbocycles. The molecular weight excluding hydrogens is 458 g/mol. The van der Waals surface area contributed by atoms with Crippen LogP contribution in [0.25, 0.3) is 67.1 Å². The SMILES string of the molecule is C=Cc1c(C=C)c(-c2ccc3cc(-c4ccncc4)ccc3c2)c2ccccc2c1-c1ccccc1.CC. The molecule has 0 fully saturated rings. The van der Waals surface area contributed by atoms with Crippen LogP contribution >= 0.6 is 0 Å². The monoisotopic (exact) mass is 489 g/mol. The van der Waals surface area contributed by atoms with E-state index in [2.05, 4.69) is 109 Å². The zero-order chi connectivity index (χ0) is 26.5. The van der Waals surface area contributed by atoms with Crippen molar-refractivity contribution in [3.8, 4) is 33.4 Å². The van der Waals surface area contributed by atoms with E-state index in [1.54, 1.807) is 0 Å². The Morgan fingerprint density at radius 1 is 0.500 bits per heavy atom. The third-order valence-corrected chi connectivity index (χ3v) is 6.91. The topological polar surface area (TPSA) is 12.9 Å². The van der Waals surface area contributed by atoms with E-state index >= 15 is 0 Å². The van der Waals surface area contributed by atoms with E-state index in [0.717, 1.165) is 11.1 Å². The first-order valence-electron chi connectivity index (χ1n) is 13.1. The molecule has 0 radical (unpaired) electrons. The summed E-state index contributed by atoms with van der Waals surface area (Å²) in [7, 11) is 0. The largest absolute Gasteiger partial charge is 0.265 e. The van der Waals surface area contributed by atoms with Crippen LogP contribution in [-0.4, -0.2) is 4.98 Å². The van der Waals surface area contributed by atoms with E-state index in [-0.39, 0.29) is 0 Å². The van der Waals surface area contributed by atoms with Gasteiger partial charge in [-0.1, -0.05) is 118 Å². The molecule has 0 aliphatic heterocycles. The highest BCUT2D eigenvalue weighted by Crippen LogP contribution is 2.43. The van der Waals surface area contributed by atoms with Crippen LogP contribution in [0.15, 0.2) is 129 Å². The van der Waals surface area contributed by atoms with Crippen molar-refractivity contribution in [2.75, 3.05) is 0 Å². The lowest BCUT2D eigenvalue weighted by Gasteiger charge is -2.20. The lowest BCUT2D eigenvalue weighted by molar-refractivity contribution is 1.33. The van der Waals surface area contributed by atoms with Gasteiger partial charge >= 0.3 is 0 Å². The fraction of sp³-hybridized carbons (Fsp3) is 0.0541. The number of fused-ring (bicyclic) bond motifs is 2. The molecule has 0 aliphatic rings. The second kappa shape index (κ2) is 11.1. The van der Waals surface area contributed by atoms with Gasteiger partial charge in [-0.15, -0.1) is 0 Å². The molecular formula is C37H31N. The van der Waals surface area contributed by atoms with Crippen LogP contribution in [0.3, 0.4) is 0 Å². The second-order valence-electron chi connectivity index (χ2n) is 8.91. The summed E-state index contributed by atoms with van der Waals surface area (Å²) in [6.45, 7) is 12.4. The van der Waals surface area contributed by atoms with Crippen LogP contribution in [0.1, 0.15) is 25.0 Å². The Balaban J connectivity index is 0.00000144. The molecule has 0 amide bonds. The Labute approximate surface area is 225 Å². The fourth-order valence-corrected chi connectivity index (χ4v) is 5.25. The molecule has 0 spiro atoms. The highest BCUT2D eigenvalue weighted by Gasteiger charge is 2.18. The van der Waals surface area contributed by atoms with Gasteiger partial charge < -0.3 is 0 Å². The summed E-state index contributed by atoms with van der Waals surface area (Å²) >= 11 is 0. The van der Waals surface area contributed by atoms with Gasteiger partial charge in [0.05, 0.1) is 0 Å². The van der Waals surface area contributed by atoms with Crippen LogP contribution in [-0.2, 0) is 0 Å². The molecule has 0 bridgehead atoms. The van der Waals surface area contributed by atoms with E-state index in [9.17, 15) is 0 Å². The highest BCUT2D eigenvalue weighted by molar-refractivity contribution is 6.12. The van der Waals surface area contributed by atoms with Crippen molar-refractivity contribution in [3.05, 3.63) is 140 Å². The van der Waals surface area contributed by atoms with Gasteiger partial charge in [0.2, 0.25) is 0 Å². The third-order valence-electron chi connectivity index (χ3n) is 6.91. The molecule has 0 saturated heterocycles. The minimum absolute atomic E-state index is 1.11. The van der Waals surface area contributed by atoms with Gasteiger partial charge in [0.1, 0.15) is 0 Å². The summed E-state index contributed by atoms with van der Waals surface area (Å²) in [5.41, 5.74) is 9.32. The first kappa shape index (κ1) is 24.9. The number of hydrogen-bond donors (Lipinski definition) is 0. The van der Waals surface area contributed by atoms with Gasteiger partial charge in [-0.25, -0.2) is 0 Å². The number of rotatable bonds is 5. The normalized spacial score (nSPS) is 10.6. The lowest BCUT2D eigenvalue weighted by Crippen LogP contribution is -1.96. The molecule has 0 N–H and O–H groups in total. The van der Waals surface area contributed by atoms with Crippen LogP contribution < -0.4 is 0 Å². The van der Waals surface area contributed by atoms with E-state index in [0.29, 0.717) is 0 Å².